The number of ether oxygens (including phenoxy) is 3. The van der Waals surface area contributed by atoms with E-state index in [1.165, 1.54) is 6.92 Å². The van der Waals surface area contributed by atoms with Crippen molar-refractivity contribution < 1.29 is 33.7 Å². The normalized spacial score (nSPS) is 27.2. The fraction of sp³-hybridized carbons (Fsp3) is 0.571. The summed E-state index contributed by atoms with van der Waals surface area (Å²) >= 11 is 0. The van der Waals surface area contributed by atoms with Gasteiger partial charge in [0.2, 0.25) is 0 Å². The number of carbonyl (C=O) groups excluding carboxylic acids is 3. The molecule has 0 heterocycles. The van der Waals surface area contributed by atoms with E-state index in [4.69, 9.17) is 14.2 Å². The van der Waals surface area contributed by atoms with Crippen molar-refractivity contribution >= 4 is 17.7 Å². The van der Waals surface area contributed by atoms with Crippen LogP contribution in [0.5, 0.6) is 5.75 Å². The summed E-state index contributed by atoms with van der Waals surface area (Å²) in [6.07, 6.45) is -0.326. The maximum absolute atomic E-state index is 12.8. The average molecular weight is 392 g/mol. The van der Waals surface area contributed by atoms with Gasteiger partial charge in [-0.3, -0.25) is 14.4 Å². The number of benzene rings is 1. The predicted octanol–water partition coefficient (Wildman–Crippen LogP) is 2.25. The largest absolute Gasteiger partial charge is 0.494 e. The summed E-state index contributed by atoms with van der Waals surface area (Å²) < 4.78 is 15.7. The number of Topliss-reactive ketones (excluding diaryl/α,β-unsaturated/α-hetero) is 1. The first-order valence-electron chi connectivity index (χ1n) is 9.57. The number of rotatable bonds is 7. The van der Waals surface area contributed by atoms with Gasteiger partial charge in [-0.15, -0.1) is 0 Å². The standard InChI is InChI=1S/C21H28O7/c1-5-26-14-10-8-13(9-11-14)16-17(19(23)27-6-2)15(22)12-21(4,25)18(16)20(24)28-7-3/h8-11,16-18,25H,5-7,12H2,1-4H3/t16-,17-,18-,21+/m0/s1. The number of hydrogen-bond acceptors (Lipinski definition) is 7. The van der Waals surface area contributed by atoms with Gasteiger partial charge in [-0.2, -0.15) is 0 Å². The quantitative estimate of drug-likeness (QED) is 0.561. The van der Waals surface area contributed by atoms with Gasteiger partial charge >= 0.3 is 11.9 Å². The van der Waals surface area contributed by atoms with Crippen molar-refractivity contribution in [2.45, 2.75) is 45.6 Å². The molecule has 0 bridgehead atoms. The maximum Gasteiger partial charge on any atom is 0.317 e. The molecule has 0 amide bonds. The molecule has 0 aromatic heterocycles. The minimum absolute atomic E-state index is 0.110. The number of aliphatic hydroxyl groups is 1. The Hall–Kier alpha value is -2.41. The van der Waals surface area contributed by atoms with Crippen LogP contribution in [0.25, 0.3) is 0 Å². The molecule has 2 rings (SSSR count). The first-order chi connectivity index (χ1) is 13.3. The molecular weight excluding hydrogens is 364 g/mol. The van der Waals surface area contributed by atoms with Gasteiger partial charge in [0.05, 0.1) is 31.3 Å². The monoisotopic (exact) mass is 392 g/mol. The Morgan fingerprint density at radius 2 is 1.61 bits per heavy atom. The second-order valence-corrected chi connectivity index (χ2v) is 6.99. The van der Waals surface area contributed by atoms with Crippen LogP contribution >= 0.6 is 0 Å². The number of hydrogen-bond donors (Lipinski definition) is 1. The summed E-state index contributed by atoms with van der Waals surface area (Å²) in [4.78, 5) is 38.1. The van der Waals surface area contributed by atoms with Gasteiger partial charge in [0, 0.05) is 12.3 Å². The molecule has 1 saturated carbocycles. The van der Waals surface area contributed by atoms with Crippen LogP contribution < -0.4 is 4.74 Å². The Morgan fingerprint density at radius 3 is 2.14 bits per heavy atom. The highest BCUT2D eigenvalue weighted by Crippen LogP contribution is 2.46. The molecule has 1 aromatic carbocycles. The highest BCUT2D eigenvalue weighted by atomic mass is 16.5. The van der Waals surface area contributed by atoms with E-state index in [0.717, 1.165) is 0 Å². The zero-order valence-corrected chi connectivity index (χ0v) is 16.8. The molecule has 0 spiro atoms. The SMILES string of the molecule is CCOC(=O)[C@H]1C(=O)C[C@@](C)(O)[C@H](C(=O)OCC)[C@H]1c1ccc(OCC)cc1. The highest BCUT2D eigenvalue weighted by Gasteiger charge is 2.57. The van der Waals surface area contributed by atoms with Gasteiger partial charge in [-0.1, -0.05) is 12.1 Å². The third-order valence-electron chi connectivity index (χ3n) is 4.92. The van der Waals surface area contributed by atoms with Crippen LogP contribution in [0.2, 0.25) is 0 Å². The first-order valence-corrected chi connectivity index (χ1v) is 9.57. The van der Waals surface area contributed by atoms with Crippen molar-refractivity contribution in [2.75, 3.05) is 19.8 Å². The molecule has 1 aromatic rings. The van der Waals surface area contributed by atoms with Gasteiger partial charge < -0.3 is 19.3 Å². The predicted molar refractivity (Wildman–Crippen MR) is 101 cm³/mol. The van der Waals surface area contributed by atoms with Crippen LogP contribution in [0.4, 0.5) is 0 Å². The van der Waals surface area contributed by atoms with Crippen molar-refractivity contribution in [3.63, 3.8) is 0 Å². The van der Waals surface area contributed by atoms with E-state index in [0.29, 0.717) is 17.9 Å². The van der Waals surface area contributed by atoms with Crippen LogP contribution in [0.15, 0.2) is 24.3 Å². The average Bonchev–Trinajstić information content (AvgIpc) is 2.61. The van der Waals surface area contributed by atoms with Gasteiger partial charge in [-0.05, 0) is 45.4 Å². The van der Waals surface area contributed by atoms with E-state index in [1.54, 1.807) is 38.1 Å². The van der Waals surface area contributed by atoms with Crippen LogP contribution in [0.1, 0.15) is 45.6 Å². The Morgan fingerprint density at radius 1 is 1.04 bits per heavy atom. The van der Waals surface area contributed by atoms with Gasteiger partial charge in [-0.25, -0.2) is 0 Å². The second-order valence-electron chi connectivity index (χ2n) is 6.99. The first kappa shape index (κ1) is 21.9. The maximum atomic E-state index is 12.8. The molecule has 0 radical (unpaired) electrons. The second kappa shape index (κ2) is 9.19. The zero-order chi connectivity index (χ0) is 20.9. The third kappa shape index (κ3) is 4.52. The molecule has 1 N–H and O–H groups in total. The number of ketones is 1. The summed E-state index contributed by atoms with van der Waals surface area (Å²) in [5.74, 6) is -4.34. The summed E-state index contributed by atoms with van der Waals surface area (Å²) in [5.41, 5.74) is -1.08. The Balaban J connectivity index is 2.56. The molecule has 1 aliphatic carbocycles. The van der Waals surface area contributed by atoms with E-state index in [9.17, 15) is 19.5 Å². The van der Waals surface area contributed by atoms with Crippen molar-refractivity contribution in [2.24, 2.45) is 11.8 Å². The Labute approximate surface area is 165 Å². The molecule has 1 aliphatic rings. The summed E-state index contributed by atoms with van der Waals surface area (Å²) in [6.45, 7) is 7.32. The molecular formula is C21H28O7. The van der Waals surface area contributed by atoms with Gasteiger partial charge in [0.1, 0.15) is 11.7 Å². The molecule has 1 fully saturated rings. The zero-order valence-electron chi connectivity index (χ0n) is 16.8. The van der Waals surface area contributed by atoms with E-state index in [1.807, 2.05) is 6.92 Å². The third-order valence-corrected chi connectivity index (χ3v) is 4.92. The van der Waals surface area contributed by atoms with Crippen LogP contribution in [0.3, 0.4) is 0 Å². The smallest absolute Gasteiger partial charge is 0.317 e. The fourth-order valence-corrected chi connectivity index (χ4v) is 3.83. The molecule has 28 heavy (non-hydrogen) atoms. The van der Waals surface area contributed by atoms with Crippen molar-refractivity contribution in [3.8, 4) is 5.75 Å². The van der Waals surface area contributed by atoms with Crippen LogP contribution in [0, 0.1) is 11.8 Å². The van der Waals surface area contributed by atoms with Crippen molar-refractivity contribution in [3.05, 3.63) is 29.8 Å². The Bertz CT molecular complexity index is 708. The summed E-state index contributed by atoms with van der Waals surface area (Å²) in [6, 6.07) is 6.81. The van der Waals surface area contributed by atoms with E-state index < -0.39 is 41.1 Å². The van der Waals surface area contributed by atoms with E-state index >= 15 is 0 Å². The minimum atomic E-state index is -1.64. The molecule has 0 unspecified atom stereocenters. The summed E-state index contributed by atoms with van der Waals surface area (Å²) in [7, 11) is 0. The molecule has 154 valence electrons. The number of carbonyl (C=O) groups is 3. The topological polar surface area (TPSA) is 99.1 Å². The summed E-state index contributed by atoms with van der Waals surface area (Å²) in [5, 5.41) is 10.9. The van der Waals surface area contributed by atoms with Crippen molar-refractivity contribution in [1.82, 2.24) is 0 Å². The Kier molecular flexibility index (Phi) is 7.18. The molecule has 4 atom stereocenters. The van der Waals surface area contributed by atoms with E-state index in [-0.39, 0.29) is 19.6 Å². The number of esters is 2. The molecule has 7 nitrogen and oxygen atoms in total. The lowest BCUT2D eigenvalue weighted by atomic mass is 9.61. The van der Waals surface area contributed by atoms with Crippen LogP contribution in [-0.2, 0) is 23.9 Å². The molecule has 7 heteroatoms. The van der Waals surface area contributed by atoms with Gasteiger partial charge in [0.25, 0.3) is 0 Å². The lowest BCUT2D eigenvalue weighted by molar-refractivity contribution is -0.172. The fourth-order valence-electron chi connectivity index (χ4n) is 3.83. The lowest BCUT2D eigenvalue weighted by Crippen LogP contribution is -2.55. The lowest BCUT2D eigenvalue weighted by Gasteiger charge is -2.43. The van der Waals surface area contributed by atoms with E-state index in [2.05, 4.69) is 0 Å². The molecule has 0 saturated heterocycles. The minimum Gasteiger partial charge on any atom is -0.494 e. The molecule has 0 aliphatic heterocycles. The van der Waals surface area contributed by atoms with Gasteiger partial charge in [0.15, 0.2) is 5.78 Å². The van der Waals surface area contributed by atoms with Crippen LogP contribution in [-0.4, -0.2) is 48.3 Å². The van der Waals surface area contributed by atoms with Crippen molar-refractivity contribution in [1.29, 1.82) is 0 Å². The highest BCUT2D eigenvalue weighted by molar-refractivity contribution is 6.02.